The third kappa shape index (κ3) is 1.64. The molecule has 3 amide bonds. The second-order valence-corrected chi connectivity index (χ2v) is 4.48. The predicted octanol–water partition coefficient (Wildman–Crippen LogP) is 2.05. The lowest BCUT2D eigenvalue weighted by molar-refractivity contribution is -0.123. The Hall–Kier alpha value is -1.26. The lowest BCUT2D eigenvalue weighted by Gasteiger charge is -2.21. The van der Waals surface area contributed by atoms with Gasteiger partial charge in [0, 0.05) is 0 Å². The zero-order valence-corrected chi connectivity index (χ0v) is 9.82. The van der Waals surface area contributed by atoms with E-state index in [1.165, 1.54) is 0 Å². The number of halogens is 2. The normalized spacial score (nSPS) is 24.2. The number of carbonyl (C=O) groups excluding carboxylic acids is 2. The molecular formula is C10H8Cl2N2O2. The van der Waals surface area contributed by atoms with Gasteiger partial charge in [-0.1, -0.05) is 29.3 Å². The quantitative estimate of drug-likeness (QED) is 0.758. The molecule has 2 N–H and O–H groups in total. The van der Waals surface area contributed by atoms with Crippen molar-refractivity contribution in [2.75, 3.05) is 0 Å². The summed E-state index contributed by atoms with van der Waals surface area (Å²) in [4.78, 5) is 22.7. The maximum Gasteiger partial charge on any atom is 0.322 e. The van der Waals surface area contributed by atoms with Gasteiger partial charge in [0.15, 0.2) is 0 Å². The number of rotatable bonds is 1. The Morgan fingerprint density at radius 1 is 1.19 bits per heavy atom. The van der Waals surface area contributed by atoms with Crippen LogP contribution in [0, 0.1) is 0 Å². The van der Waals surface area contributed by atoms with Crippen LogP contribution in [0.15, 0.2) is 18.2 Å². The molecule has 1 aromatic rings. The molecular weight excluding hydrogens is 251 g/mol. The van der Waals surface area contributed by atoms with Crippen LogP contribution in [-0.4, -0.2) is 11.9 Å². The van der Waals surface area contributed by atoms with Crippen LogP contribution >= 0.6 is 23.2 Å². The first-order chi connectivity index (χ1) is 7.43. The summed E-state index contributed by atoms with van der Waals surface area (Å²) in [7, 11) is 0. The summed E-state index contributed by atoms with van der Waals surface area (Å²) in [5, 5.41) is 5.46. The van der Waals surface area contributed by atoms with E-state index in [1.54, 1.807) is 25.1 Å². The molecule has 1 aliphatic heterocycles. The molecule has 1 aromatic carbocycles. The highest BCUT2D eigenvalue weighted by atomic mass is 35.5. The molecule has 4 nitrogen and oxygen atoms in total. The molecule has 0 bridgehead atoms. The minimum Gasteiger partial charge on any atom is -0.320 e. The highest BCUT2D eigenvalue weighted by Crippen LogP contribution is 2.30. The van der Waals surface area contributed by atoms with Crippen molar-refractivity contribution in [2.45, 2.75) is 12.5 Å². The molecule has 0 saturated carbocycles. The number of hydrogen-bond acceptors (Lipinski definition) is 2. The van der Waals surface area contributed by atoms with Crippen LogP contribution < -0.4 is 10.6 Å². The second-order valence-electron chi connectivity index (χ2n) is 3.66. The van der Waals surface area contributed by atoms with Gasteiger partial charge in [-0.05, 0) is 24.6 Å². The van der Waals surface area contributed by atoms with Gasteiger partial charge in [-0.15, -0.1) is 0 Å². The average molecular weight is 259 g/mol. The summed E-state index contributed by atoms with van der Waals surface area (Å²) in [5.74, 6) is -0.407. The molecule has 0 aliphatic carbocycles. The molecule has 2 rings (SSSR count). The highest BCUT2D eigenvalue weighted by Gasteiger charge is 2.43. The Kier molecular flexibility index (Phi) is 2.56. The Morgan fingerprint density at radius 2 is 1.88 bits per heavy atom. The molecule has 0 aromatic heterocycles. The number of hydrogen-bond donors (Lipinski definition) is 2. The van der Waals surface area contributed by atoms with Crippen LogP contribution in [0.4, 0.5) is 4.79 Å². The summed E-state index contributed by atoms with van der Waals surface area (Å²) in [6.45, 7) is 1.60. The van der Waals surface area contributed by atoms with E-state index in [0.717, 1.165) is 0 Å². The van der Waals surface area contributed by atoms with Gasteiger partial charge in [0.2, 0.25) is 0 Å². The van der Waals surface area contributed by atoms with Crippen molar-refractivity contribution in [3.63, 3.8) is 0 Å². The van der Waals surface area contributed by atoms with E-state index >= 15 is 0 Å². The fraction of sp³-hybridized carbons (Fsp3) is 0.200. The molecule has 16 heavy (non-hydrogen) atoms. The fourth-order valence-electron chi connectivity index (χ4n) is 1.55. The van der Waals surface area contributed by atoms with E-state index in [0.29, 0.717) is 15.6 Å². The molecule has 0 radical (unpaired) electrons. The highest BCUT2D eigenvalue weighted by molar-refractivity contribution is 6.42. The first-order valence-corrected chi connectivity index (χ1v) is 5.28. The molecule has 1 aliphatic rings. The topological polar surface area (TPSA) is 58.2 Å². The van der Waals surface area contributed by atoms with E-state index in [-0.39, 0.29) is 0 Å². The van der Waals surface area contributed by atoms with Crippen molar-refractivity contribution in [1.29, 1.82) is 0 Å². The maximum atomic E-state index is 11.6. The van der Waals surface area contributed by atoms with Gasteiger partial charge in [0.1, 0.15) is 5.54 Å². The zero-order chi connectivity index (χ0) is 11.9. The van der Waals surface area contributed by atoms with Gasteiger partial charge in [-0.2, -0.15) is 0 Å². The van der Waals surface area contributed by atoms with Gasteiger partial charge in [-0.25, -0.2) is 4.79 Å². The van der Waals surface area contributed by atoms with Crippen LogP contribution in [-0.2, 0) is 10.3 Å². The lowest BCUT2D eigenvalue weighted by atomic mass is 9.92. The molecule has 1 atom stereocenters. The molecule has 0 spiro atoms. The van der Waals surface area contributed by atoms with Crippen molar-refractivity contribution >= 4 is 35.1 Å². The Morgan fingerprint density at radius 3 is 2.38 bits per heavy atom. The van der Waals surface area contributed by atoms with Crippen molar-refractivity contribution in [3.8, 4) is 0 Å². The lowest BCUT2D eigenvalue weighted by Crippen LogP contribution is -2.40. The average Bonchev–Trinajstić information content (AvgIpc) is 2.46. The van der Waals surface area contributed by atoms with E-state index in [1.807, 2.05) is 0 Å². The van der Waals surface area contributed by atoms with Crippen molar-refractivity contribution in [2.24, 2.45) is 0 Å². The Bertz CT molecular complexity index is 490. The van der Waals surface area contributed by atoms with Gasteiger partial charge < -0.3 is 5.32 Å². The first-order valence-electron chi connectivity index (χ1n) is 4.52. The van der Waals surface area contributed by atoms with E-state index < -0.39 is 17.5 Å². The van der Waals surface area contributed by atoms with Gasteiger partial charge in [0.05, 0.1) is 10.0 Å². The van der Waals surface area contributed by atoms with Gasteiger partial charge in [-0.3, -0.25) is 10.1 Å². The molecule has 1 heterocycles. The van der Waals surface area contributed by atoms with Crippen LogP contribution in [0.25, 0.3) is 0 Å². The van der Waals surface area contributed by atoms with E-state index in [9.17, 15) is 9.59 Å². The summed E-state index contributed by atoms with van der Waals surface area (Å²) in [6, 6.07) is 4.29. The van der Waals surface area contributed by atoms with Gasteiger partial charge >= 0.3 is 6.03 Å². The van der Waals surface area contributed by atoms with Crippen molar-refractivity contribution < 1.29 is 9.59 Å². The first kappa shape index (κ1) is 11.2. The minimum absolute atomic E-state index is 0.342. The third-order valence-corrected chi connectivity index (χ3v) is 3.28. The predicted molar refractivity (Wildman–Crippen MR) is 60.5 cm³/mol. The van der Waals surface area contributed by atoms with Crippen molar-refractivity contribution in [3.05, 3.63) is 33.8 Å². The summed E-state index contributed by atoms with van der Waals surface area (Å²) >= 11 is 11.6. The molecule has 1 saturated heterocycles. The molecule has 1 fully saturated rings. The number of nitrogens with one attached hydrogen (secondary N) is 2. The maximum absolute atomic E-state index is 11.6. The second kappa shape index (κ2) is 3.64. The molecule has 84 valence electrons. The number of amides is 3. The Labute approximate surface area is 102 Å². The van der Waals surface area contributed by atoms with E-state index in [4.69, 9.17) is 23.2 Å². The van der Waals surface area contributed by atoms with E-state index in [2.05, 4.69) is 10.6 Å². The van der Waals surface area contributed by atoms with Crippen molar-refractivity contribution in [1.82, 2.24) is 10.6 Å². The minimum atomic E-state index is -1.09. The number of imide groups is 1. The zero-order valence-electron chi connectivity index (χ0n) is 8.30. The summed E-state index contributed by atoms with van der Waals surface area (Å²) < 4.78 is 0. The SMILES string of the molecule is C[C@]1(c2ccc(Cl)c(Cl)c2)NC(=O)NC1=O. The number of carbonyl (C=O) groups is 2. The van der Waals surface area contributed by atoms with Crippen LogP contribution in [0.2, 0.25) is 10.0 Å². The smallest absolute Gasteiger partial charge is 0.320 e. The fourth-order valence-corrected chi connectivity index (χ4v) is 1.85. The van der Waals surface area contributed by atoms with Gasteiger partial charge in [0.25, 0.3) is 5.91 Å². The monoisotopic (exact) mass is 258 g/mol. The van der Waals surface area contributed by atoms with Crippen LogP contribution in [0.1, 0.15) is 12.5 Å². The van der Waals surface area contributed by atoms with Crippen LogP contribution in [0.5, 0.6) is 0 Å². The Balaban J connectivity index is 2.47. The standard InChI is InChI=1S/C10H8Cl2N2O2/c1-10(8(15)13-9(16)14-10)5-2-3-6(11)7(12)4-5/h2-4H,1H3,(H2,13,14,15,16)/t10-/m1/s1. The summed E-state index contributed by atoms with van der Waals surface area (Å²) in [6.07, 6.45) is 0. The summed E-state index contributed by atoms with van der Waals surface area (Å²) in [5.41, 5.74) is -0.504. The van der Waals surface area contributed by atoms with Crippen LogP contribution in [0.3, 0.4) is 0 Å². The number of urea groups is 1. The number of benzene rings is 1. The molecule has 0 unspecified atom stereocenters. The molecule has 6 heteroatoms. The largest absolute Gasteiger partial charge is 0.322 e. The third-order valence-electron chi connectivity index (χ3n) is 2.54.